The number of rotatable bonds is 2. The number of anilines is 1. The lowest BCUT2D eigenvalue weighted by atomic mass is 9.97. The molecule has 0 bridgehead atoms. The van der Waals surface area contributed by atoms with Crippen LogP contribution in [0.5, 0.6) is 0 Å². The van der Waals surface area contributed by atoms with Crippen molar-refractivity contribution in [3.8, 4) is 0 Å². The van der Waals surface area contributed by atoms with Gasteiger partial charge >= 0.3 is 0 Å². The first-order valence-corrected chi connectivity index (χ1v) is 6.13. The standard InChI is InChI=1S/C13H17FN2O/c14-10-2-1-3-11(6-10)16-12-7-13(17-8-12)4-5-15-9-13/h1-3,6,12,15-16H,4-5,7-9H2/t12-,13+/m0/s1. The molecule has 0 aromatic heterocycles. The molecule has 17 heavy (non-hydrogen) atoms. The molecule has 92 valence electrons. The fraction of sp³-hybridized carbons (Fsp3) is 0.538. The summed E-state index contributed by atoms with van der Waals surface area (Å²) in [4.78, 5) is 0. The molecule has 1 aromatic rings. The van der Waals surface area contributed by atoms with E-state index in [1.165, 1.54) is 12.1 Å². The van der Waals surface area contributed by atoms with Gasteiger partial charge in [-0.2, -0.15) is 0 Å². The maximum absolute atomic E-state index is 13.1. The topological polar surface area (TPSA) is 33.3 Å². The highest BCUT2D eigenvalue weighted by Gasteiger charge is 2.42. The van der Waals surface area contributed by atoms with Crippen molar-refractivity contribution in [2.75, 3.05) is 25.0 Å². The van der Waals surface area contributed by atoms with Gasteiger partial charge in [-0.05, 0) is 31.2 Å². The fourth-order valence-corrected chi connectivity index (χ4v) is 2.77. The van der Waals surface area contributed by atoms with Crippen molar-refractivity contribution < 1.29 is 9.13 Å². The Labute approximate surface area is 100 Å². The molecular formula is C13H17FN2O. The Morgan fingerprint density at radius 3 is 3.18 bits per heavy atom. The second kappa shape index (κ2) is 4.27. The molecule has 0 saturated carbocycles. The number of nitrogens with one attached hydrogen (secondary N) is 2. The van der Waals surface area contributed by atoms with Crippen LogP contribution in [0.25, 0.3) is 0 Å². The summed E-state index contributed by atoms with van der Waals surface area (Å²) in [5.41, 5.74) is 0.854. The average Bonchev–Trinajstić information content (AvgIpc) is 2.90. The smallest absolute Gasteiger partial charge is 0.125 e. The number of hydrogen-bond donors (Lipinski definition) is 2. The van der Waals surface area contributed by atoms with Crippen LogP contribution < -0.4 is 10.6 Å². The molecule has 0 amide bonds. The van der Waals surface area contributed by atoms with Gasteiger partial charge in [0.15, 0.2) is 0 Å². The van der Waals surface area contributed by atoms with Crippen LogP contribution in [0.4, 0.5) is 10.1 Å². The van der Waals surface area contributed by atoms with Crippen LogP contribution in [-0.2, 0) is 4.74 Å². The first kappa shape index (κ1) is 11.0. The van der Waals surface area contributed by atoms with Gasteiger partial charge < -0.3 is 15.4 Å². The molecule has 2 N–H and O–H groups in total. The molecule has 0 radical (unpaired) electrons. The van der Waals surface area contributed by atoms with Crippen LogP contribution in [0.3, 0.4) is 0 Å². The van der Waals surface area contributed by atoms with Crippen molar-refractivity contribution in [1.29, 1.82) is 0 Å². The highest BCUT2D eigenvalue weighted by Crippen LogP contribution is 2.32. The summed E-state index contributed by atoms with van der Waals surface area (Å²) < 4.78 is 19.0. The summed E-state index contributed by atoms with van der Waals surface area (Å²) in [7, 11) is 0. The lowest BCUT2D eigenvalue weighted by Gasteiger charge is -2.20. The number of ether oxygens (including phenoxy) is 1. The van der Waals surface area contributed by atoms with Crippen molar-refractivity contribution >= 4 is 5.69 Å². The molecular weight excluding hydrogens is 219 g/mol. The minimum atomic E-state index is -0.203. The van der Waals surface area contributed by atoms with Crippen LogP contribution in [0.1, 0.15) is 12.8 Å². The van der Waals surface area contributed by atoms with E-state index in [1.807, 2.05) is 6.07 Å². The summed E-state index contributed by atoms with van der Waals surface area (Å²) in [6.45, 7) is 2.68. The van der Waals surface area contributed by atoms with Gasteiger partial charge in [0.1, 0.15) is 5.82 Å². The van der Waals surface area contributed by atoms with Gasteiger partial charge in [0.2, 0.25) is 0 Å². The number of halogens is 1. The summed E-state index contributed by atoms with van der Waals surface area (Å²) in [6, 6.07) is 6.88. The van der Waals surface area contributed by atoms with E-state index in [0.29, 0.717) is 6.61 Å². The minimum Gasteiger partial charge on any atom is -0.380 e. The van der Waals surface area contributed by atoms with E-state index in [2.05, 4.69) is 10.6 Å². The summed E-state index contributed by atoms with van der Waals surface area (Å²) >= 11 is 0. The molecule has 2 fully saturated rings. The summed E-state index contributed by atoms with van der Waals surface area (Å²) in [6.07, 6.45) is 2.07. The normalized spacial score (nSPS) is 32.2. The van der Waals surface area contributed by atoms with Crippen molar-refractivity contribution in [3.63, 3.8) is 0 Å². The van der Waals surface area contributed by atoms with Crippen LogP contribution in [0, 0.1) is 5.82 Å². The zero-order valence-corrected chi connectivity index (χ0v) is 9.71. The van der Waals surface area contributed by atoms with Gasteiger partial charge in [0.05, 0.1) is 18.2 Å². The zero-order chi connectivity index (χ0) is 11.7. The van der Waals surface area contributed by atoms with Gasteiger partial charge in [-0.15, -0.1) is 0 Å². The van der Waals surface area contributed by atoms with Crippen molar-refractivity contribution in [1.82, 2.24) is 5.32 Å². The lowest BCUT2D eigenvalue weighted by Crippen LogP contribution is -2.31. The minimum absolute atomic E-state index is 0.0188. The molecule has 0 unspecified atom stereocenters. The van der Waals surface area contributed by atoms with Crippen molar-refractivity contribution in [2.24, 2.45) is 0 Å². The van der Waals surface area contributed by atoms with Gasteiger partial charge in [-0.3, -0.25) is 0 Å². The van der Waals surface area contributed by atoms with E-state index in [9.17, 15) is 4.39 Å². The number of benzene rings is 1. The van der Waals surface area contributed by atoms with Crippen LogP contribution in [0.2, 0.25) is 0 Å². The quantitative estimate of drug-likeness (QED) is 0.821. The van der Waals surface area contributed by atoms with E-state index >= 15 is 0 Å². The second-order valence-corrected chi connectivity index (χ2v) is 4.98. The van der Waals surface area contributed by atoms with E-state index in [1.54, 1.807) is 6.07 Å². The average molecular weight is 236 g/mol. The third-order valence-corrected chi connectivity index (χ3v) is 3.61. The maximum atomic E-state index is 13.1. The highest BCUT2D eigenvalue weighted by atomic mass is 19.1. The van der Waals surface area contributed by atoms with Crippen LogP contribution in [0.15, 0.2) is 24.3 Å². The second-order valence-electron chi connectivity index (χ2n) is 4.98. The van der Waals surface area contributed by atoms with E-state index in [-0.39, 0.29) is 17.5 Å². The van der Waals surface area contributed by atoms with Crippen molar-refractivity contribution in [2.45, 2.75) is 24.5 Å². The Kier molecular flexibility index (Phi) is 2.76. The molecule has 3 rings (SSSR count). The molecule has 1 aromatic carbocycles. The summed E-state index contributed by atoms with van der Waals surface area (Å²) in [5.74, 6) is -0.203. The monoisotopic (exact) mass is 236 g/mol. The van der Waals surface area contributed by atoms with Gasteiger partial charge in [-0.1, -0.05) is 6.07 Å². The van der Waals surface area contributed by atoms with Gasteiger partial charge in [0, 0.05) is 18.7 Å². The molecule has 1 spiro atoms. The number of hydrogen-bond acceptors (Lipinski definition) is 3. The van der Waals surface area contributed by atoms with Crippen molar-refractivity contribution in [3.05, 3.63) is 30.1 Å². The van der Waals surface area contributed by atoms with E-state index in [0.717, 1.165) is 31.6 Å². The molecule has 4 heteroatoms. The molecule has 2 aliphatic rings. The SMILES string of the molecule is Fc1cccc(N[C@@H]2CO[C@]3(CCNC3)C2)c1. The van der Waals surface area contributed by atoms with Crippen LogP contribution in [-0.4, -0.2) is 31.3 Å². The maximum Gasteiger partial charge on any atom is 0.125 e. The first-order chi connectivity index (χ1) is 8.26. The third-order valence-electron chi connectivity index (χ3n) is 3.61. The lowest BCUT2D eigenvalue weighted by molar-refractivity contribution is 0.0214. The first-order valence-electron chi connectivity index (χ1n) is 6.13. The predicted octanol–water partition coefficient (Wildman–Crippen LogP) is 1.76. The largest absolute Gasteiger partial charge is 0.380 e. The third kappa shape index (κ3) is 2.28. The van der Waals surface area contributed by atoms with Gasteiger partial charge in [0.25, 0.3) is 0 Å². The van der Waals surface area contributed by atoms with Crippen LogP contribution >= 0.6 is 0 Å². The highest BCUT2D eigenvalue weighted by molar-refractivity contribution is 5.44. The molecule has 3 nitrogen and oxygen atoms in total. The molecule has 2 aliphatic heterocycles. The Balaban J connectivity index is 1.64. The Morgan fingerprint density at radius 1 is 1.47 bits per heavy atom. The fourth-order valence-electron chi connectivity index (χ4n) is 2.77. The molecule has 0 aliphatic carbocycles. The van der Waals surface area contributed by atoms with E-state index in [4.69, 9.17) is 4.74 Å². The predicted molar refractivity (Wildman–Crippen MR) is 64.6 cm³/mol. The zero-order valence-electron chi connectivity index (χ0n) is 9.71. The Bertz CT molecular complexity index is 404. The molecule has 2 saturated heterocycles. The Hall–Kier alpha value is -1.13. The Morgan fingerprint density at radius 2 is 2.41 bits per heavy atom. The summed E-state index contributed by atoms with van der Waals surface area (Å²) in [5, 5.41) is 6.68. The van der Waals surface area contributed by atoms with E-state index < -0.39 is 0 Å². The molecule has 2 atom stereocenters. The van der Waals surface area contributed by atoms with Gasteiger partial charge in [-0.25, -0.2) is 4.39 Å². The molecule has 2 heterocycles.